The number of carbonyl (C=O) groups excluding carboxylic acids is 2. The molecular formula is C20H17FN4O3S. The number of carbonyl (C=O) groups is 2. The smallest absolute Gasteiger partial charge is 0.324 e. The fourth-order valence-corrected chi connectivity index (χ4v) is 4.05. The summed E-state index contributed by atoms with van der Waals surface area (Å²) in [5.74, 6) is -0.281. The molecule has 148 valence electrons. The van der Waals surface area contributed by atoms with Gasteiger partial charge in [-0.2, -0.15) is 0 Å². The minimum Gasteiger partial charge on any atom is -0.329 e. The maximum atomic E-state index is 14.4. The van der Waals surface area contributed by atoms with Crippen LogP contribution in [-0.4, -0.2) is 45.2 Å². The lowest BCUT2D eigenvalue weighted by Crippen LogP contribution is -2.32. The summed E-state index contributed by atoms with van der Waals surface area (Å²) in [5.41, 5.74) is 0.311. The number of imide groups is 1. The van der Waals surface area contributed by atoms with Crippen LogP contribution in [0.2, 0.25) is 0 Å². The lowest BCUT2D eigenvalue weighted by atomic mass is 10.2. The van der Waals surface area contributed by atoms with E-state index in [1.165, 1.54) is 33.4 Å². The lowest BCUT2D eigenvalue weighted by molar-refractivity contribution is -0.124. The number of nitrogens with one attached hydrogen (secondary N) is 1. The highest BCUT2D eigenvalue weighted by Gasteiger charge is 2.27. The number of benzene rings is 2. The van der Waals surface area contributed by atoms with Crippen molar-refractivity contribution in [3.63, 3.8) is 0 Å². The number of nitrogens with zero attached hydrogens (tertiary/aromatic N) is 3. The lowest BCUT2D eigenvalue weighted by Gasteiger charge is -2.15. The van der Waals surface area contributed by atoms with Gasteiger partial charge in [0.15, 0.2) is 5.16 Å². The highest BCUT2D eigenvalue weighted by Crippen LogP contribution is 2.23. The second kappa shape index (κ2) is 8.04. The molecule has 3 aromatic rings. The number of thioether (sulfide) groups is 1. The van der Waals surface area contributed by atoms with E-state index >= 15 is 0 Å². The zero-order valence-corrected chi connectivity index (χ0v) is 16.1. The van der Waals surface area contributed by atoms with Crippen molar-refractivity contribution in [3.05, 3.63) is 64.7 Å². The zero-order chi connectivity index (χ0) is 20.4. The number of halogens is 1. The van der Waals surface area contributed by atoms with Crippen LogP contribution >= 0.6 is 11.8 Å². The Morgan fingerprint density at radius 3 is 2.59 bits per heavy atom. The molecule has 2 heterocycles. The Bertz CT molecular complexity index is 1150. The molecule has 0 unspecified atom stereocenters. The summed E-state index contributed by atoms with van der Waals surface area (Å²) in [4.78, 5) is 42.0. The molecule has 29 heavy (non-hydrogen) atoms. The quantitative estimate of drug-likeness (QED) is 0.291. The van der Waals surface area contributed by atoms with Crippen molar-refractivity contribution in [2.75, 3.05) is 18.8 Å². The van der Waals surface area contributed by atoms with Crippen molar-refractivity contribution in [2.24, 2.45) is 0 Å². The fraction of sp³-hybridized carbons (Fsp3) is 0.200. The average molecular weight is 412 g/mol. The average Bonchev–Trinajstić information content (AvgIpc) is 3.04. The van der Waals surface area contributed by atoms with Crippen LogP contribution in [0.4, 0.5) is 9.18 Å². The molecule has 0 aliphatic carbocycles. The zero-order valence-electron chi connectivity index (χ0n) is 15.3. The van der Waals surface area contributed by atoms with Gasteiger partial charge in [-0.05, 0) is 30.7 Å². The Morgan fingerprint density at radius 1 is 1.07 bits per heavy atom. The number of rotatable bonds is 6. The molecule has 0 atom stereocenters. The highest BCUT2D eigenvalue weighted by molar-refractivity contribution is 7.99. The number of aromatic nitrogens is 2. The molecule has 3 amide bonds. The normalized spacial score (nSPS) is 13.9. The molecule has 1 N–H and O–H groups in total. The molecule has 2 aromatic carbocycles. The molecule has 1 aliphatic rings. The van der Waals surface area contributed by atoms with E-state index in [9.17, 15) is 18.8 Å². The van der Waals surface area contributed by atoms with Crippen molar-refractivity contribution < 1.29 is 14.0 Å². The minimum atomic E-state index is -0.520. The summed E-state index contributed by atoms with van der Waals surface area (Å²) in [6.07, 6.45) is 0.518. The van der Waals surface area contributed by atoms with Gasteiger partial charge < -0.3 is 5.32 Å². The third kappa shape index (κ3) is 3.73. The molecule has 1 fully saturated rings. The van der Waals surface area contributed by atoms with Gasteiger partial charge in [0.2, 0.25) is 5.91 Å². The number of hydrogen-bond acceptors (Lipinski definition) is 5. The van der Waals surface area contributed by atoms with Gasteiger partial charge in [0.25, 0.3) is 5.56 Å². The maximum absolute atomic E-state index is 14.4. The molecule has 1 aliphatic heterocycles. The van der Waals surface area contributed by atoms with E-state index in [-0.39, 0.29) is 30.2 Å². The molecule has 0 saturated carbocycles. The first-order valence-electron chi connectivity index (χ1n) is 9.04. The molecular weight excluding hydrogens is 395 g/mol. The molecule has 0 bridgehead atoms. The van der Waals surface area contributed by atoms with Gasteiger partial charge in [-0.3, -0.25) is 19.1 Å². The van der Waals surface area contributed by atoms with Crippen molar-refractivity contribution in [1.82, 2.24) is 19.8 Å². The summed E-state index contributed by atoms with van der Waals surface area (Å²) in [6.45, 7) is 0.292. The SMILES string of the molecule is O=C1CNC(=O)N1CCCSc1nc2ccccc2c(=O)n1-c1ccccc1F. The van der Waals surface area contributed by atoms with Gasteiger partial charge >= 0.3 is 6.03 Å². The third-order valence-electron chi connectivity index (χ3n) is 4.53. The van der Waals surface area contributed by atoms with E-state index in [2.05, 4.69) is 10.3 Å². The first-order valence-corrected chi connectivity index (χ1v) is 10.0. The summed E-state index contributed by atoms with van der Waals surface area (Å²) in [5, 5.41) is 3.23. The minimum absolute atomic E-state index is 0.0189. The largest absolute Gasteiger partial charge is 0.329 e. The fourth-order valence-electron chi connectivity index (χ4n) is 3.12. The van der Waals surface area contributed by atoms with Gasteiger partial charge in [-0.1, -0.05) is 36.0 Å². The number of para-hydroxylation sites is 2. The van der Waals surface area contributed by atoms with Crippen LogP contribution in [0.3, 0.4) is 0 Å². The number of urea groups is 1. The van der Waals surface area contributed by atoms with Crippen molar-refractivity contribution >= 4 is 34.6 Å². The van der Waals surface area contributed by atoms with Crippen molar-refractivity contribution in [3.8, 4) is 5.69 Å². The molecule has 0 spiro atoms. The Balaban J connectivity index is 1.63. The maximum Gasteiger partial charge on any atom is 0.324 e. The van der Waals surface area contributed by atoms with E-state index in [0.29, 0.717) is 28.2 Å². The van der Waals surface area contributed by atoms with Crippen LogP contribution in [0, 0.1) is 5.82 Å². The number of fused-ring (bicyclic) bond motifs is 1. The Kier molecular flexibility index (Phi) is 5.30. The number of hydrogen-bond donors (Lipinski definition) is 1. The molecule has 1 aromatic heterocycles. The van der Waals surface area contributed by atoms with Crippen LogP contribution in [0.15, 0.2) is 58.5 Å². The van der Waals surface area contributed by atoms with Gasteiger partial charge in [-0.25, -0.2) is 14.2 Å². The van der Waals surface area contributed by atoms with Crippen LogP contribution in [0.1, 0.15) is 6.42 Å². The van der Waals surface area contributed by atoms with Gasteiger partial charge in [0, 0.05) is 12.3 Å². The summed E-state index contributed by atoms with van der Waals surface area (Å²) < 4.78 is 15.7. The van der Waals surface area contributed by atoms with E-state index in [1.807, 2.05) is 0 Å². The second-order valence-electron chi connectivity index (χ2n) is 6.41. The van der Waals surface area contributed by atoms with Crippen LogP contribution in [0.25, 0.3) is 16.6 Å². The summed E-state index contributed by atoms with van der Waals surface area (Å²) in [7, 11) is 0. The van der Waals surface area contributed by atoms with Crippen LogP contribution < -0.4 is 10.9 Å². The molecule has 4 rings (SSSR count). The van der Waals surface area contributed by atoms with E-state index < -0.39 is 11.8 Å². The van der Waals surface area contributed by atoms with Crippen molar-refractivity contribution in [1.29, 1.82) is 0 Å². The predicted molar refractivity (Wildman–Crippen MR) is 108 cm³/mol. The van der Waals surface area contributed by atoms with E-state index in [0.717, 1.165) is 0 Å². The van der Waals surface area contributed by atoms with E-state index in [4.69, 9.17) is 0 Å². The monoisotopic (exact) mass is 412 g/mol. The van der Waals surface area contributed by atoms with Crippen LogP contribution in [0.5, 0.6) is 0 Å². The molecule has 9 heteroatoms. The second-order valence-corrected chi connectivity index (χ2v) is 7.47. The highest BCUT2D eigenvalue weighted by atomic mass is 32.2. The molecule has 1 saturated heterocycles. The molecule has 7 nitrogen and oxygen atoms in total. The van der Waals surface area contributed by atoms with Crippen molar-refractivity contribution in [2.45, 2.75) is 11.6 Å². The Labute approximate surface area is 169 Å². The first kappa shape index (κ1) is 19.1. The van der Waals surface area contributed by atoms with Gasteiger partial charge in [-0.15, -0.1) is 0 Å². The Morgan fingerprint density at radius 2 is 1.83 bits per heavy atom. The first-order chi connectivity index (χ1) is 14.1. The Hall–Kier alpha value is -3.20. The topological polar surface area (TPSA) is 84.3 Å². The van der Waals surface area contributed by atoms with E-state index in [1.54, 1.807) is 36.4 Å². The molecule has 0 radical (unpaired) electrons. The summed E-state index contributed by atoms with van der Waals surface area (Å²) >= 11 is 1.28. The van der Waals surface area contributed by atoms with Gasteiger partial charge in [0.05, 0.1) is 23.1 Å². The van der Waals surface area contributed by atoms with Crippen LogP contribution in [-0.2, 0) is 4.79 Å². The van der Waals surface area contributed by atoms with Gasteiger partial charge in [0.1, 0.15) is 5.82 Å². The standard InChI is InChI=1S/C20H17FN4O3S/c21-14-7-2-4-9-16(14)25-18(27)13-6-1-3-8-15(13)23-20(25)29-11-5-10-24-17(26)12-22-19(24)28/h1-4,6-9H,5,10-12H2,(H,22,28). The summed E-state index contributed by atoms with van der Waals surface area (Å²) in [6, 6.07) is 12.6. The number of amides is 3. The third-order valence-corrected chi connectivity index (χ3v) is 5.56. The predicted octanol–water partition coefficient (Wildman–Crippen LogP) is 2.56.